The highest BCUT2D eigenvalue weighted by atomic mass is 79.9. The molecular weight excluding hydrogens is 356 g/mol. The van der Waals surface area contributed by atoms with Crippen molar-refractivity contribution in [3.63, 3.8) is 0 Å². The van der Waals surface area contributed by atoms with Gasteiger partial charge in [-0.15, -0.1) is 0 Å². The molecule has 122 valence electrons. The van der Waals surface area contributed by atoms with Crippen molar-refractivity contribution in [2.75, 3.05) is 25.5 Å². The molecule has 0 aliphatic rings. The van der Waals surface area contributed by atoms with Crippen LogP contribution in [-0.4, -0.2) is 26.1 Å². The molecule has 0 saturated heterocycles. The Kier molecular flexibility index (Phi) is 7.10. The molecule has 0 aromatic heterocycles. The Hall–Kier alpha value is -1.85. The molecule has 0 aliphatic carbocycles. The second-order valence-corrected chi connectivity index (χ2v) is 5.98. The quantitative estimate of drug-likeness (QED) is 0.691. The summed E-state index contributed by atoms with van der Waals surface area (Å²) < 4.78 is 6.09. The number of benzene rings is 2. The van der Waals surface area contributed by atoms with Crippen LogP contribution >= 0.6 is 15.9 Å². The number of nitrogens with one attached hydrogen (secondary N) is 2. The summed E-state index contributed by atoms with van der Waals surface area (Å²) in [5.41, 5.74) is 2.02. The van der Waals surface area contributed by atoms with Gasteiger partial charge in [-0.2, -0.15) is 0 Å². The van der Waals surface area contributed by atoms with E-state index < -0.39 is 0 Å². The fourth-order valence-corrected chi connectivity index (χ4v) is 2.55. The highest BCUT2D eigenvalue weighted by Crippen LogP contribution is 2.21. The predicted molar refractivity (Wildman–Crippen MR) is 97.0 cm³/mol. The first-order chi connectivity index (χ1) is 11.2. The van der Waals surface area contributed by atoms with E-state index in [1.807, 2.05) is 42.5 Å². The molecule has 2 N–H and O–H groups in total. The van der Waals surface area contributed by atoms with Gasteiger partial charge in [-0.3, -0.25) is 4.79 Å². The number of amides is 1. The molecule has 4 nitrogen and oxygen atoms in total. The predicted octanol–water partition coefficient (Wildman–Crippen LogP) is 3.62. The van der Waals surface area contributed by atoms with Gasteiger partial charge < -0.3 is 15.4 Å². The molecule has 0 aliphatic heterocycles. The molecule has 0 radical (unpaired) electrons. The molecule has 0 atom stereocenters. The van der Waals surface area contributed by atoms with Gasteiger partial charge in [-0.1, -0.05) is 24.3 Å². The number of carbonyl (C=O) groups is 1. The van der Waals surface area contributed by atoms with Gasteiger partial charge >= 0.3 is 0 Å². The fourth-order valence-electron chi connectivity index (χ4n) is 2.16. The fraction of sp³-hybridized carbons (Fsp3) is 0.278. The Bertz CT molecular complexity index is 646. The SMILES string of the molecule is COc1cccc(CCNCCC(=O)Nc2ccccc2Br)c1. The van der Waals surface area contributed by atoms with Crippen molar-refractivity contribution >= 4 is 27.5 Å². The molecule has 23 heavy (non-hydrogen) atoms. The summed E-state index contributed by atoms with van der Waals surface area (Å²) in [5.74, 6) is 0.876. The summed E-state index contributed by atoms with van der Waals surface area (Å²) >= 11 is 3.41. The number of halogens is 1. The Morgan fingerprint density at radius 2 is 1.96 bits per heavy atom. The first-order valence-electron chi connectivity index (χ1n) is 7.57. The molecule has 5 heteroatoms. The van der Waals surface area contributed by atoms with E-state index in [1.165, 1.54) is 5.56 Å². The molecule has 1 amide bonds. The van der Waals surface area contributed by atoms with Crippen molar-refractivity contribution in [1.82, 2.24) is 5.32 Å². The Morgan fingerprint density at radius 1 is 1.13 bits per heavy atom. The molecule has 0 saturated carbocycles. The Morgan fingerprint density at radius 3 is 2.74 bits per heavy atom. The lowest BCUT2D eigenvalue weighted by Crippen LogP contribution is -2.23. The van der Waals surface area contributed by atoms with Gasteiger partial charge in [-0.05, 0) is 58.7 Å². The summed E-state index contributed by atoms with van der Waals surface area (Å²) in [7, 11) is 1.67. The van der Waals surface area contributed by atoms with Crippen LogP contribution in [-0.2, 0) is 11.2 Å². The molecule has 0 unspecified atom stereocenters. The summed E-state index contributed by atoms with van der Waals surface area (Å²) in [6.45, 7) is 1.48. The molecule has 2 rings (SSSR count). The Balaban J connectivity index is 1.65. The molecule has 0 heterocycles. The van der Waals surface area contributed by atoms with Gasteiger partial charge in [0.25, 0.3) is 0 Å². The molecule has 2 aromatic rings. The number of anilines is 1. The monoisotopic (exact) mass is 376 g/mol. The lowest BCUT2D eigenvalue weighted by atomic mass is 10.1. The van der Waals surface area contributed by atoms with E-state index in [2.05, 4.69) is 32.6 Å². The number of para-hydroxylation sites is 1. The minimum Gasteiger partial charge on any atom is -0.497 e. The average Bonchev–Trinajstić information content (AvgIpc) is 2.57. The van der Waals surface area contributed by atoms with E-state index in [-0.39, 0.29) is 5.91 Å². The first kappa shape index (κ1) is 17.5. The van der Waals surface area contributed by atoms with Crippen molar-refractivity contribution in [2.24, 2.45) is 0 Å². The van der Waals surface area contributed by atoms with Crippen LogP contribution in [0.2, 0.25) is 0 Å². The highest BCUT2D eigenvalue weighted by Gasteiger charge is 2.04. The molecule has 0 spiro atoms. The normalized spacial score (nSPS) is 10.3. The topological polar surface area (TPSA) is 50.4 Å². The molecule has 0 fully saturated rings. The van der Waals surface area contributed by atoms with E-state index >= 15 is 0 Å². The van der Waals surface area contributed by atoms with Crippen molar-refractivity contribution < 1.29 is 9.53 Å². The van der Waals surface area contributed by atoms with Gasteiger partial charge in [0.15, 0.2) is 0 Å². The molecular formula is C18H21BrN2O2. The third kappa shape index (κ3) is 6.04. The number of rotatable bonds is 8. The van der Waals surface area contributed by atoms with Crippen LogP contribution in [0, 0.1) is 0 Å². The van der Waals surface area contributed by atoms with Gasteiger partial charge in [0.2, 0.25) is 5.91 Å². The third-order valence-corrected chi connectivity index (χ3v) is 4.09. The maximum atomic E-state index is 11.9. The van der Waals surface area contributed by atoms with Crippen LogP contribution in [0.5, 0.6) is 5.75 Å². The summed E-state index contributed by atoms with van der Waals surface area (Å²) in [5, 5.41) is 6.18. The van der Waals surface area contributed by atoms with Crippen molar-refractivity contribution in [3.05, 3.63) is 58.6 Å². The van der Waals surface area contributed by atoms with Crippen LogP contribution in [0.3, 0.4) is 0 Å². The van der Waals surface area contributed by atoms with Crippen LogP contribution in [0.1, 0.15) is 12.0 Å². The molecule has 0 bridgehead atoms. The minimum absolute atomic E-state index is 0.00535. The highest BCUT2D eigenvalue weighted by molar-refractivity contribution is 9.10. The van der Waals surface area contributed by atoms with Gasteiger partial charge in [0.1, 0.15) is 5.75 Å². The number of methoxy groups -OCH3 is 1. The summed E-state index contributed by atoms with van der Waals surface area (Å²) in [4.78, 5) is 11.9. The van der Waals surface area contributed by atoms with E-state index in [1.54, 1.807) is 7.11 Å². The smallest absolute Gasteiger partial charge is 0.225 e. The van der Waals surface area contributed by atoms with Gasteiger partial charge in [-0.25, -0.2) is 0 Å². The lowest BCUT2D eigenvalue weighted by molar-refractivity contribution is -0.116. The van der Waals surface area contributed by atoms with Crippen LogP contribution in [0.4, 0.5) is 5.69 Å². The summed E-state index contributed by atoms with van der Waals surface area (Å²) in [6, 6.07) is 15.6. The van der Waals surface area contributed by atoms with Gasteiger partial charge in [0, 0.05) is 17.4 Å². The zero-order valence-electron chi connectivity index (χ0n) is 13.1. The second-order valence-electron chi connectivity index (χ2n) is 5.13. The van der Waals surface area contributed by atoms with E-state index in [0.29, 0.717) is 13.0 Å². The number of ether oxygens (including phenoxy) is 1. The minimum atomic E-state index is 0.00535. The lowest BCUT2D eigenvalue weighted by Gasteiger charge is -2.08. The first-order valence-corrected chi connectivity index (χ1v) is 8.36. The number of carbonyl (C=O) groups excluding carboxylic acids is 1. The van der Waals surface area contributed by atoms with E-state index in [4.69, 9.17) is 4.74 Å². The standard InChI is InChI=1S/C18H21BrN2O2/c1-23-15-6-4-5-14(13-15)9-11-20-12-10-18(22)21-17-8-3-2-7-16(17)19/h2-8,13,20H,9-12H2,1H3,(H,21,22). The largest absolute Gasteiger partial charge is 0.497 e. The maximum Gasteiger partial charge on any atom is 0.225 e. The van der Waals surface area contributed by atoms with Crippen molar-refractivity contribution in [3.8, 4) is 5.75 Å². The zero-order chi connectivity index (χ0) is 16.5. The molecule has 2 aromatic carbocycles. The Labute approximate surface area is 145 Å². The van der Waals surface area contributed by atoms with E-state index in [9.17, 15) is 4.79 Å². The van der Waals surface area contributed by atoms with Crippen molar-refractivity contribution in [1.29, 1.82) is 0 Å². The van der Waals surface area contributed by atoms with E-state index in [0.717, 1.165) is 28.9 Å². The zero-order valence-corrected chi connectivity index (χ0v) is 14.7. The van der Waals surface area contributed by atoms with Crippen LogP contribution in [0.25, 0.3) is 0 Å². The maximum absolute atomic E-state index is 11.9. The number of hydrogen-bond donors (Lipinski definition) is 2. The second kappa shape index (κ2) is 9.33. The van der Waals surface area contributed by atoms with Crippen LogP contribution < -0.4 is 15.4 Å². The van der Waals surface area contributed by atoms with Crippen molar-refractivity contribution in [2.45, 2.75) is 12.8 Å². The third-order valence-electron chi connectivity index (χ3n) is 3.40. The number of hydrogen-bond acceptors (Lipinski definition) is 3. The summed E-state index contributed by atoms with van der Waals surface area (Å²) in [6.07, 6.45) is 1.35. The van der Waals surface area contributed by atoms with Gasteiger partial charge in [0.05, 0.1) is 12.8 Å². The average molecular weight is 377 g/mol. The van der Waals surface area contributed by atoms with Crippen LogP contribution in [0.15, 0.2) is 53.0 Å².